The summed E-state index contributed by atoms with van der Waals surface area (Å²) in [6.07, 6.45) is 7.60. The minimum absolute atomic E-state index is 0.257. The molecule has 1 N–H and O–H groups in total. The first-order valence-electron chi connectivity index (χ1n) is 9.93. The maximum Gasteiger partial charge on any atom is 0.236 e. The third-order valence-electron chi connectivity index (χ3n) is 5.87. The molecule has 3 rings (SSSR count). The number of hydrogen-bond acceptors (Lipinski definition) is 3. The second-order valence-corrected chi connectivity index (χ2v) is 7.65. The molecule has 4 heteroatoms. The van der Waals surface area contributed by atoms with Crippen LogP contribution in [0.25, 0.3) is 0 Å². The van der Waals surface area contributed by atoms with Gasteiger partial charge in [0.05, 0.1) is 6.54 Å². The van der Waals surface area contributed by atoms with Crippen molar-refractivity contribution >= 4 is 5.91 Å². The SMILES string of the molecule is O=C(CN1CCCC1CCCO)N1CCC(Cc2ccccc2)CC1. The van der Waals surface area contributed by atoms with E-state index in [-0.39, 0.29) is 6.61 Å². The van der Waals surface area contributed by atoms with Gasteiger partial charge in [-0.3, -0.25) is 9.69 Å². The third-order valence-corrected chi connectivity index (χ3v) is 5.87. The molecule has 1 aromatic rings. The number of aliphatic hydroxyl groups is 1. The smallest absolute Gasteiger partial charge is 0.236 e. The molecular weight excluding hydrogens is 312 g/mol. The second-order valence-electron chi connectivity index (χ2n) is 7.65. The number of piperidine rings is 1. The molecule has 0 bridgehead atoms. The Labute approximate surface area is 151 Å². The molecule has 1 unspecified atom stereocenters. The summed E-state index contributed by atoms with van der Waals surface area (Å²) in [5.41, 5.74) is 1.41. The number of nitrogens with zero attached hydrogens (tertiary/aromatic N) is 2. The predicted octanol–water partition coefficient (Wildman–Crippen LogP) is 2.70. The van der Waals surface area contributed by atoms with Gasteiger partial charge in [-0.25, -0.2) is 0 Å². The highest BCUT2D eigenvalue weighted by Gasteiger charge is 2.29. The summed E-state index contributed by atoms with van der Waals surface area (Å²) < 4.78 is 0. The fourth-order valence-corrected chi connectivity index (χ4v) is 4.36. The Hall–Kier alpha value is -1.39. The molecule has 0 spiro atoms. The van der Waals surface area contributed by atoms with Crippen LogP contribution in [0.4, 0.5) is 0 Å². The molecule has 25 heavy (non-hydrogen) atoms. The lowest BCUT2D eigenvalue weighted by atomic mass is 9.90. The van der Waals surface area contributed by atoms with Crippen molar-refractivity contribution in [2.45, 2.75) is 51.0 Å². The molecule has 1 aromatic carbocycles. The summed E-state index contributed by atoms with van der Waals surface area (Å²) in [4.78, 5) is 17.1. The average Bonchev–Trinajstić information content (AvgIpc) is 3.08. The summed E-state index contributed by atoms with van der Waals surface area (Å²) in [7, 11) is 0. The van der Waals surface area contributed by atoms with E-state index in [0.29, 0.717) is 24.4 Å². The van der Waals surface area contributed by atoms with E-state index in [0.717, 1.165) is 51.7 Å². The Bertz CT molecular complexity index is 526. The van der Waals surface area contributed by atoms with Crippen LogP contribution in [-0.4, -0.2) is 59.6 Å². The van der Waals surface area contributed by atoms with Crippen LogP contribution in [0.2, 0.25) is 0 Å². The number of likely N-dealkylation sites (tertiary alicyclic amines) is 2. The molecule has 1 atom stereocenters. The summed E-state index contributed by atoms with van der Waals surface area (Å²) in [6, 6.07) is 11.2. The maximum absolute atomic E-state index is 12.7. The van der Waals surface area contributed by atoms with Crippen LogP contribution in [0.3, 0.4) is 0 Å². The van der Waals surface area contributed by atoms with Crippen LogP contribution in [0.15, 0.2) is 30.3 Å². The van der Waals surface area contributed by atoms with Gasteiger partial charge in [-0.15, -0.1) is 0 Å². The Kier molecular flexibility index (Phi) is 6.88. The summed E-state index contributed by atoms with van der Waals surface area (Å²) in [5.74, 6) is 1.00. The molecule has 0 aromatic heterocycles. The highest BCUT2D eigenvalue weighted by Crippen LogP contribution is 2.24. The van der Waals surface area contributed by atoms with Gasteiger partial charge in [-0.1, -0.05) is 30.3 Å². The van der Waals surface area contributed by atoms with Crippen molar-refractivity contribution in [1.82, 2.24) is 9.80 Å². The number of hydrogen-bond donors (Lipinski definition) is 1. The fraction of sp³-hybridized carbons (Fsp3) is 0.667. The van der Waals surface area contributed by atoms with Crippen LogP contribution in [0, 0.1) is 5.92 Å². The van der Waals surface area contributed by atoms with Gasteiger partial charge in [0.1, 0.15) is 0 Å². The van der Waals surface area contributed by atoms with E-state index in [1.54, 1.807) is 0 Å². The van der Waals surface area contributed by atoms with E-state index in [1.165, 1.54) is 18.4 Å². The van der Waals surface area contributed by atoms with E-state index in [1.807, 2.05) is 0 Å². The fourth-order valence-electron chi connectivity index (χ4n) is 4.36. The van der Waals surface area contributed by atoms with Crippen LogP contribution in [-0.2, 0) is 11.2 Å². The largest absolute Gasteiger partial charge is 0.396 e. The van der Waals surface area contributed by atoms with Crippen LogP contribution >= 0.6 is 0 Å². The lowest BCUT2D eigenvalue weighted by Crippen LogP contribution is -2.45. The van der Waals surface area contributed by atoms with Gasteiger partial charge in [0.15, 0.2) is 0 Å². The van der Waals surface area contributed by atoms with Crippen molar-refractivity contribution in [2.24, 2.45) is 5.92 Å². The van der Waals surface area contributed by atoms with E-state index in [2.05, 4.69) is 40.1 Å². The first-order valence-corrected chi connectivity index (χ1v) is 9.93. The van der Waals surface area contributed by atoms with Crippen molar-refractivity contribution in [3.05, 3.63) is 35.9 Å². The van der Waals surface area contributed by atoms with E-state index >= 15 is 0 Å². The molecule has 4 nitrogen and oxygen atoms in total. The van der Waals surface area contributed by atoms with Gasteiger partial charge in [-0.2, -0.15) is 0 Å². The summed E-state index contributed by atoms with van der Waals surface area (Å²) in [6.45, 7) is 3.68. The number of carbonyl (C=O) groups is 1. The van der Waals surface area contributed by atoms with Crippen LogP contribution in [0.1, 0.15) is 44.1 Å². The number of rotatable bonds is 7. The molecule has 2 heterocycles. The molecule has 0 saturated carbocycles. The molecule has 2 aliphatic rings. The zero-order valence-corrected chi connectivity index (χ0v) is 15.3. The third kappa shape index (κ3) is 5.29. The standard InChI is InChI=1S/C21H32N2O2/c24-15-5-9-20-8-4-12-23(20)17-21(25)22-13-10-19(11-14-22)16-18-6-2-1-3-7-18/h1-3,6-7,19-20,24H,4-5,8-17H2. The molecule has 2 fully saturated rings. The van der Waals surface area contributed by atoms with Gasteiger partial charge < -0.3 is 10.0 Å². The van der Waals surface area contributed by atoms with Crippen LogP contribution in [0.5, 0.6) is 0 Å². The molecule has 0 aliphatic carbocycles. The molecule has 1 amide bonds. The maximum atomic E-state index is 12.7. The monoisotopic (exact) mass is 344 g/mol. The van der Waals surface area contributed by atoms with Gasteiger partial charge >= 0.3 is 0 Å². The Morgan fingerprint density at radius 1 is 1.08 bits per heavy atom. The second kappa shape index (κ2) is 9.35. The quantitative estimate of drug-likeness (QED) is 0.827. The number of carbonyl (C=O) groups excluding carboxylic acids is 1. The zero-order valence-electron chi connectivity index (χ0n) is 15.3. The first-order chi connectivity index (χ1) is 12.3. The predicted molar refractivity (Wildman–Crippen MR) is 100 cm³/mol. The number of aliphatic hydroxyl groups excluding tert-OH is 1. The number of benzene rings is 1. The van der Waals surface area contributed by atoms with E-state index < -0.39 is 0 Å². The summed E-state index contributed by atoms with van der Waals surface area (Å²) in [5, 5.41) is 9.04. The molecule has 138 valence electrons. The molecular formula is C21H32N2O2. The van der Waals surface area contributed by atoms with Gasteiger partial charge in [0.2, 0.25) is 5.91 Å². The van der Waals surface area contributed by atoms with Crippen molar-refractivity contribution < 1.29 is 9.90 Å². The Balaban J connectivity index is 1.42. The van der Waals surface area contributed by atoms with Crippen molar-refractivity contribution in [1.29, 1.82) is 0 Å². The molecule has 2 saturated heterocycles. The van der Waals surface area contributed by atoms with Crippen molar-refractivity contribution in [3.8, 4) is 0 Å². The van der Waals surface area contributed by atoms with Gasteiger partial charge in [-0.05, 0) is 63.0 Å². The topological polar surface area (TPSA) is 43.8 Å². The average molecular weight is 344 g/mol. The normalized spacial score (nSPS) is 22.4. The van der Waals surface area contributed by atoms with Crippen molar-refractivity contribution in [3.63, 3.8) is 0 Å². The van der Waals surface area contributed by atoms with E-state index in [4.69, 9.17) is 5.11 Å². The number of amides is 1. The molecule has 0 radical (unpaired) electrons. The highest BCUT2D eigenvalue weighted by atomic mass is 16.3. The minimum Gasteiger partial charge on any atom is -0.396 e. The van der Waals surface area contributed by atoms with Crippen molar-refractivity contribution in [2.75, 3.05) is 32.8 Å². The zero-order chi connectivity index (χ0) is 17.5. The molecule has 2 aliphatic heterocycles. The van der Waals surface area contributed by atoms with Gasteiger partial charge in [0.25, 0.3) is 0 Å². The minimum atomic E-state index is 0.257. The van der Waals surface area contributed by atoms with E-state index in [9.17, 15) is 4.79 Å². The van der Waals surface area contributed by atoms with Crippen LogP contribution < -0.4 is 0 Å². The first kappa shape index (κ1) is 18.4. The van der Waals surface area contributed by atoms with Gasteiger partial charge in [0, 0.05) is 25.7 Å². The lowest BCUT2D eigenvalue weighted by Gasteiger charge is -2.34. The Morgan fingerprint density at radius 3 is 2.56 bits per heavy atom. The Morgan fingerprint density at radius 2 is 1.84 bits per heavy atom. The lowest BCUT2D eigenvalue weighted by molar-refractivity contribution is -0.134. The summed E-state index contributed by atoms with van der Waals surface area (Å²) >= 11 is 0. The highest BCUT2D eigenvalue weighted by molar-refractivity contribution is 5.78.